The van der Waals surface area contributed by atoms with E-state index in [1.54, 1.807) is 11.3 Å². The van der Waals surface area contributed by atoms with Crippen LogP contribution in [0.2, 0.25) is 0 Å². The molecule has 0 unspecified atom stereocenters. The highest BCUT2D eigenvalue weighted by atomic mass is 79.9. The highest BCUT2D eigenvalue weighted by molar-refractivity contribution is 7.16. The van der Waals surface area contributed by atoms with Crippen LogP contribution >= 0.6 is 11.3 Å². The average Bonchev–Trinajstić information content (AvgIpc) is 2.61. The number of nitrogens with one attached hydrogen (secondary N) is 1. The first-order valence-electron chi connectivity index (χ1n) is 5.32. The summed E-state index contributed by atoms with van der Waals surface area (Å²) in [5.41, 5.74) is 3.11. The van der Waals surface area contributed by atoms with E-state index < -0.39 is 0 Å². The molecule has 2 aromatic rings. The lowest BCUT2D eigenvalue weighted by Crippen LogP contribution is -3.00. The first-order valence-corrected chi connectivity index (χ1v) is 6.20. The number of thiazole rings is 1. The molecule has 5 heteroatoms. The van der Waals surface area contributed by atoms with Crippen molar-refractivity contribution in [2.24, 2.45) is 0 Å². The summed E-state index contributed by atoms with van der Waals surface area (Å²) in [7, 11) is 0. The second-order valence-electron chi connectivity index (χ2n) is 4.04. The van der Waals surface area contributed by atoms with Gasteiger partial charge in [0.1, 0.15) is 4.70 Å². The van der Waals surface area contributed by atoms with Crippen LogP contribution in [0.1, 0.15) is 13.8 Å². The molecule has 1 aromatic carbocycles. The van der Waals surface area contributed by atoms with Gasteiger partial charge in [-0.1, -0.05) is 23.5 Å². The number of nitrogens with zero attached hydrogens (tertiary/aromatic N) is 1. The molecule has 0 aliphatic carbocycles. The minimum Gasteiger partial charge on any atom is -1.00 e. The zero-order valence-corrected chi connectivity index (χ0v) is 12.2. The van der Waals surface area contributed by atoms with Gasteiger partial charge in [-0.25, -0.2) is 0 Å². The third-order valence-corrected chi connectivity index (χ3v) is 3.20. The molecule has 2 rings (SSSR count). The van der Waals surface area contributed by atoms with Crippen LogP contribution in [-0.2, 0) is 11.3 Å². The number of hydrogen-bond acceptors (Lipinski definition) is 2. The van der Waals surface area contributed by atoms with E-state index in [-0.39, 0.29) is 28.9 Å². The fourth-order valence-corrected chi connectivity index (χ4v) is 2.51. The summed E-state index contributed by atoms with van der Waals surface area (Å²) >= 11 is 1.66. The maximum Gasteiger partial charge on any atom is 0.286 e. The Morgan fingerprint density at radius 1 is 1.41 bits per heavy atom. The number of carbonyl (C=O) groups excluding carboxylic acids is 1. The quantitative estimate of drug-likeness (QED) is 0.703. The summed E-state index contributed by atoms with van der Waals surface area (Å²) in [6.07, 6.45) is 0. The van der Waals surface area contributed by atoms with Gasteiger partial charge in [-0.3, -0.25) is 4.79 Å². The van der Waals surface area contributed by atoms with E-state index in [0.717, 1.165) is 5.52 Å². The number of hydrogen-bond donors (Lipinski definition) is 1. The maximum atomic E-state index is 11.6. The van der Waals surface area contributed by atoms with Crippen LogP contribution in [0.25, 0.3) is 10.2 Å². The topological polar surface area (TPSA) is 33.0 Å². The molecule has 0 atom stereocenters. The maximum absolute atomic E-state index is 11.6. The van der Waals surface area contributed by atoms with Crippen molar-refractivity contribution in [3.8, 4) is 0 Å². The van der Waals surface area contributed by atoms with Crippen molar-refractivity contribution < 1.29 is 26.3 Å². The lowest BCUT2D eigenvalue weighted by Gasteiger charge is -2.04. The highest BCUT2D eigenvalue weighted by Gasteiger charge is 2.15. The molecule has 0 saturated heterocycles. The first kappa shape index (κ1) is 14.1. The van der Waals surface area contributed by atoms with Gasteiger partial charge < -0.3 is 22.3 Å². The van der Waals surface area contributed by atoms with Crippen LogP contribution in [-0.4, -0.2) is 11.9 Å². The predicted octanol–water partition coefficient (Wildman–Crippen LogP) is -1.28. The number of rotatable bonds is 3. The molecule has 0 fully saturated rings. The van der Waals surface area contributed by atoms with E-state index in [9.17, 15) is 4.79 Å². The summed E-state index contributed by atoms with van der Waals surface area (Å²) in [6.45, 7) is 4.32. The van der Waals surface area contributed by atoms with Crippen molar-refractivity contribution in [1.29, 1.82) is 0 Å². The molecule has 0 aliphatic rings. The molecule has 92 valence electrons. The Morgan fingerprint density at radius 2 is 2.12 bits per heavy atom. The fraction of sp³-hybridized carbons (Fsp3) is 0.333. The van der Waals surface area contributed by atoms with Crippen molar-refractivity contribution >= 4 is 27.5 Å². The van der Waals surface area contributed by atoms with Gasteiger partial charge in [-0.2, -0.15) is 4.57 Å². The normalized spacial score (nSPS) is 10.3. The Hall–Kier alpha value is -0.940. The monoisotopic (exact) mass is 314 g/mol. The van der Waals surface area contributed by atoms with Gasteiger partial charge in [0.25, 0.3) is 5.91 Å². The number of para-hydroxylation sites is 1. The van der Waals surface area contributed by atoms with Crippen molar-refractivity contribution in [2.45, 2.75) is 26.4 Å². The fourth-order valence-electron chi connectivity index (χ4n) is 1.62. The first-order chi connectivity index (χ1) is 7.66. The molecule has 0 radical (unpaired) electrons. The van der Waals surface area contributed by atoms with Gasteiger partial charge in [0.2, 0.25) is 17.6 Å². The van der Waals surface area contributed by atoms with Crippen molar-refractivity contribution in [3.63, 3.8) is 0 Å². The third kappa shape index (κ3) is 3.51. The van der Waals surface area contributed by atoms with Crippen LogP contribution in [0.4, 0.5) is 0 Å². The predicted molar refractivity (Wildman–Crippen MR) is 65.3 cm³/mol. The third-order valence-electron chi connectivity index (χ3n) is 2.25. The molecule has 1 heterocycles. The van der Waals surface area contributed by atoms with E-state index in [1.807, 2.05) is 42.1 Å². The van der Waals surface area contributed by atoms with Gasteiger partial charge in [0, 0.05) is 12.1 Å². The number of benzene rings is 1. The summed E-state index contributed by atoms with van der Waals surface area (Å²) < 4.78 is 3.19. The molecule has 0 spiro atoms. The standard InChI is InChI=1S/C12H14N2OS.BrH/c1-9(2)13-12(15)7-14-8-16-11-6-4-3-5-10(11)14;/h3-6,8-9H,7H2,1-2H3;1H. The van der Waals surface area contributed by atoms with Crippen molar-refractivity contribution in [1.82, 2.24) is 5.32 Å². The second kappa shape index (κ2) is 6.12. The van der Waals surface area contributed by atoms with E-state index in [4.69, 9.17) is 0 Å². The SMILES string of the molecule is CC(C)NC(=O)C[n+]1csc2ccccc21.[Br-]. The van der Waals surface area contributed by atoms with E-state index in [0.29, 0.717) is 6.54 Å². The second-order valence-corrected chi connectivity index (χ2v) is 4.93. The van der Waals surface area contributed by atoms with Crippen LogP contribution in [0, 0.1) is 0 Å². The summed E-state index contributed by atoms with van der Waals surface area (Å²) in [6, 6.07) is 8.30. The zero-order chi connectivity index (χ0) is 11.5. The number of halogens is 1. The molecule has 0 saturated carbocycles. The average molecular weight is 315 g/mol. The number of aromatic nitrogens is 1. The van der Waals surface area contributed by atoms with Crippen LogP contribution < -0.4 is 26.9 Å². The Labute approximate surface area is 115 Å². The largest absolute Gasteiger partial charge is 1.00 e. The van der Waals surface area contributed by atoms with Crippen LogP contribution in [0.3, 0.4) is 0 Å². The Morgan fingerprint density at radius 3 is 2.82 bits per heavy atom. The van der Waals surface area contributed by atoms with Gasteiger partial charge in [0.05, 0.1) is 0 Å². The van der Waals surface area contributed by atoms with Gasteiger partial charge >= 0.3 is 0 Å². The van der Waals surface area contributed by atoms with Crippen molar-refractivity contribution in [2.75, 3.05) is 0 Å². The number of carbonyl (C=O) groups is 1. The zero-order valence-electron chi connectivity index (χ0n) is 9.81. The Bertz CT molecular complexity index is 510. The lowest BCUT2D eigenvalue weighted by molar-refractivity contribution is -0.654. The van der Waals surface area contributed by atoms with Crippen LogP contribution in [0.5, 0.6) is 0 Å². The molecule has 3 nitrogen and oxygen atoms in total. The van der Waals surface area contributed by atoms with E-state index >= 15 is 0 Å². The summed E-state index contributed by atoms with van der Waals surface area (Å²) in [5, 5.41) is 2.89. The minimum absolute atomic E-state index is 0. The molecule has 1 aromatic heterocycles. The minimum atomic E-state index is 0. The molecular formula is C12H15BrN2OS. The molecule has 17 heavy (non-hydrogen) atoms. The van der Waals surface area contributed by atoms with Gasteiger partial charge in [-0.15, -0.1) is 0 Å². The van der Waals surface area contributed by atoms with Gasteiger partial charge in [0.15, 0.2) is 0 Å². The Balaban J connectivity index is 0.00000144. The van der Waals surface area contributed by atoms with E-state index in [1.165, 1.54) is 4.70 Å². The lowest BCUT2D eigenvalue weighted by atomic mass is 10.3. The molecular weight excluding hydrogens is 300 g/mol. The highest BCUT2D eigenvalue weighted by Crippen LogP contribution is 2.14. The molecule has 0 bridgehead atoms. The number of fused-ring (bicyclic) bond motifs is 1. The van der Waals surface area contributed by atoms with Crippen LogP contribution in [0.15, 0.2) is 29.8 Å². The molecule has 1 N–H and O–H groups in total. The Kier molecular flexibility index (Phi) is 5.08. The molecule has 1 amide bonds. The summed E-state index contributed by atoms with van der Waals surface area (Å²) in [4.78, 5) is 11.6. The van der Waals surface area contributed by atoms with E-state index in [2.05, 4.69) is 11.4 Å². The number of amides is 1. The van der Waals surface area contributed by atoms with Crippen molar-refractivity contribution in [3.05, 3.63) is 29.8 Å². The smallest absolute Gasteiger partial charge is 0.286 e. The van der Waals surface area contributed by atoms with Gasteiger partial charge in [-0.05, 0) is 19.9 Å². The molecule has 0 aliphatic heterocycles. The summed E-state index contributed by atoms with van der Waals surface area (Å²) in [5.74, 6) is 0.0588.